The number of benzene rings is 1. The molecule has 0 saturated heterocycles. The summed E-state index contributed by atoms with van der Waals surface area (Å²) in [5.74, 6) is -0.173. The molecular formula is C13H18F3NO3S. The van der Waals surface area contributed by atoms with E-state index in [-0.39, 0.29) is 22.9 Å². The maximum Gasteiger partial charge on any atom is 0.416 e. The van der Waals surface area contributed by atoms with Gasteiger partial charge in [-0.15, -0.1) is 0 Å². The first-order chi connectivity index (χ1) is 9.68. The number of hydrogen-bond donors (Lipinski definition) is 2. The third-order valence-electron chi connectivity index (χ3n) is 2.99. The second kappa shape index (κ2) is 7.13. The Morgan fingerprint density at radius 2 is 1.71 bits per heavy atom. The van der Waals surface area contributed by atoms with Crippen molar-refractivity contribution >= 4 is 15.5 Å². The molecule has 0 radical (unpaired) electrons. The van der Waals surface area contributed by atoms with Gasteiger partial charge >= 0.3 is 6.18 Å². The Labute approximate surface area is 121 Å². The van der Waals surface area contributed by atoms with Gasteiger partial charge in [0, 0.05) is 6.61 Å². The molecule has 0 bridgehead atoms. The molecule has 8 heteroatoms. The lowest BCUT2D eigenvalue weighted by Crippen LogP contribution is -2.12. The van der Waals surface area contributed by atoms with Gasteiger partial charge in [-0.05, 0) is 31.0 Å². The van der Waals surface area contributed by atoms with Crippen LogP contribution in [0.25, 0.3) is 0 Å². The third kappa shape index (κ3) is 5.20. The summed E-state index contributed by atoms with van der Waals surface area (Å²) in [6.07, 6.45) is -2.25. The van der Waals surface area contributed by atoms with Crippen molar-refractivity contribution in [2.45, 2.75) is 36.8 Å². The lowest BCUT2D eigenvalue weighted by molar-refractivity contribution is -0.137. The normalized spacial score (nSPS) is 12.6. The number of rotatable bonds is 7. The van der Waals surface area contributed by atoms with Crippen LogP contribution < -0.4 is 5.73 Å². The van der Waals surface area contributed by atoms with Gasteiger partial charge in [0.15, 0.2) is 9.84 Å². The van der Waals surface area contributed by atoms with E-state index in [4.69, 9.17) is 10.8 Å². The third-order valence-corrected chi connectivity index (χ3v) is 4.86. The zero-order valence-corrected chi connectivity index (χ0v) is 12.2. The molecule has 0 atom stereocenters. The molecule has 21 heavy (non-hydrogen) atoms. The lowest BCUT2D eigenvalue weighted by atomic mass is 10.2. The summed E-state index contributed by atoms with van der Waals surface area (Å²) < 4.78 is 61.5. The highest BCUT2D eigenvalue weighted by molar-refractivity contribution is 7.91. The molecule has 0 aliphatic rings. The van der Waals surface area contributed by atoms with Gasteiger partial charge in [-0.1, -0.05) is 12.8 Å². The summed E-state index contributed by atoms with van der Waals surface area (Å²) in [6, 6.07) is 2.26. The van der Waals surface area contributed by atoms with E-state index in [1.807, 2.05) is 0 Å². The van der Waals surface area contributed by atoms with Crippen LogP contribution in [-0.2, 0) is 16.0 Å². The average molecular weight is 325 g/mol. The van der Waals surface area contributed by atoms with E-state index in [0.29, 0.717) is 31.7 Å². The standard InChI is InChI=1S/C13H18F3NO3S/c14-13(15,16)10-5-6-12(11(17)9-10)21(19,20)8-4-2-1-3-7-18/h5-6,9,18H,1-4,7-8,17H2. The van der Waals surface area contributed by atoms with Crippen LogP contribution in [0.5, 0.6) is 0 Å². The van der Waals surface area contributed by atoms with E-state index < -0.39 is 21.6 Å². The van der Waals surface area contributed by atoms with E-state index in [9.17, 15) is 21.6 Å². The Bertz CT molecular complexity index is 571. The SMILES string of the molecule is Nc1cc(C(F)(F)F)ccc1S(=O)(=O)CCCCCCO. The molecule has 4 nitrogen and oxygen atoms in total. The fourth-order valence-corrected chi connectivity index (χ4v) is 3.37. The van der Waals surface area contributed by atoms with Crippen molar-refractivity contribution in [1.29, 1.82) is 0 Å². The molecule has 0 amide bonds. The molecule has 3 N–H and O–H groups in total. The van der Waals surface area contributed by atoms with Crippen molar-refractivity contribution in [2.24, 2.45) is 0 Å². The summed E-state index contributed by atoms with van der Waals surface area (Å²) in [7, 11) is -3.70. The zero-order valence-electron chi connectivity index (χ0n) is 11.4. The molecule has 0 saturated carbocycles. The molecule has 1 aromatic rings. The first-order valence-corrected chi connectivity index (χ1v) is 8.14. The van der Waals surface area contributed by atoms with Gasteiger partial charge in [-0.3, -0.25) is 0 Å². The van der Waals surface area contributed by atoms with Gasteiger partial charge in [-0.2, -0.15) is 13.2 Å². The van der Waals surface area contributed by atoms with Crippen LogP contribution in [0.15, 0.2) is 23.1 Å². The number of halogens is 3. The van der Waals surface area contributed by atoms with Crippen molar-refractivity contribution in [2.75, 3.05) is 18.1 Å². The first-order valence-electron chi connectivity index (χ1n) is 6.49. The molecule has 1 rings (SSSR count). The number of nitrogens with two attached hydrogens (primary N) is 1. The molecule has 1 aromatic carbocycles. The highest BCUT2D eigenvalue weighted by atomic mass is 32.2. The predicted octanol–water partition coefficient (Wildman–Crippen LogP) is 2.61. The molecule has 0 spiro atoms. The summed E-state index contributed by atoms with van der Waals surface area (Å²) in [5.41, 5.74) is 4.08. The largest absolute Gasteiger partial charge is 0.416 e. The quantitative estimate of drug-likeness (QED) is 0.596. The summed E-state index contributed by atoms with van der Waals surface area (Å²) in [6.45, 7) is 0.0542. The Balaban J connectivity index is 2.80. The Kier molecular flexibility index (Phi) is 6.03. The van der Waals surface area contributed by atoms with E-state index >= 15 is 0 Å². The smallest absolute Gasteiger partial charge is 0.398 e. The van der Waals surface area contributed by atoms with E-state index in [2.05, 4.69) is 0 Å². The number of nitrogen functional groups attached to an aromatic ring is 1. The summed E-state index contributed by atoms with van der Waals surface area (Å²) in [5, 5.41) is 8.60. The van der Waals surface area contributed by atoms with Crippen molar-refractivity contribution < 1.29 is 26.7 Å². The van der Waals surface area contributed by atoms with Crippen LogP contribution in [0.2, 0.25) is 0 Å². The number of aliphatic hydroxyl groups is 1. The minimum atomic E-state index is -4.55. The minimum absolute atomic E-state index is 0.0542. The van der Waals surface area contributed by atoms with Crippen LogP contribution in [0.4, 0.5) is 18.9 Å². The topological polar surface area (TPSA) is 80.4 Å². The molecule has 0 aliphatic heterocycles. The lowest BCUT2D eigenvalue weighted by Gasteiger charge is -2.11. The van der Waals surface area contributed by atoms with E-state index in [1.54, 1.807) is 0 Å². The second-order valence-electron chi connectivity index (χ2n) is 4.71. The van der Waals surface area contributed by atoms with Crippen molar-refractivity contribution in [3.8, 4) is 0 Å². The summed E-state index contributed by atoms with van der Waals surface area (Å²) >= 11 is 0. The average Bonchev–Trinajstić information content (AvgIpc) is 2.37. The molecule has 0 fully saturated rings. The number of anilines is 1. The van der Waals surface area contributed by atoms with Crippen LogP contribution >= 0.6 is 0 Å². The Hall–Kier alpha value is -1.28. The van der Waals surface area contributed by atoms with Crippen molar-refractivity contribution in [3.63, 3.8) is 0 Å². The highest BCUT2D eigenvalue weighted by Gasteiger charge is 2.31. The van der Waals surface area contributed by atoms with Gasteiger partial charge in [0.1, 0.15) is 0 Å². The van der Waals surface area contributed by atoms with Crippen molar-refractivity contribution in [1.82, 2.24) is 0 Å². The van der Waals surface area contributed by atoms with Gasteiger partial charge in [0.25, 0.3) is 0 Å². The number of unbranched alkanes of at least 4 members (excludes halogenated alkanes) is 3. The number of hydrogen-bond acceptors (Lipinski definition) is 4. The molecule has 0 aromatic heterocycles. The van der Waals surface area contributed by atoms with E-state index in [0.717, 1.165) is 12.1 Å². The predicted molar refractivity (Wildman–Crippen MR) is 73.5 cm³/mol. The second-order valence-corrected chi connectivity index (χ2v) is 6.78. The fourth-order valence-electron chi connectivity index (χ4n) is 1.88. The zero-order chi connectivity index (χ0) is 16.1. The molecule has 0 aliphatic carbocycles. The minimum Gasteiger partial charge on any atom is -0.398 e. The van der Waals surface area contributed by atoms with Crippen LogP contribution in [0.3, 0.4) is 0 Å². The Morgan fingerprint density at radius 1 is 1.10 bits per heavy atom. The fraction of sp³-hybridized carbons (Fsp3) is 0.538. The molecule has 0 unspecified atom stereocenters. The first kappa shape index (κ1) is 17.8. The summed E-state index contributed by atoms with van der Waals surface area (Å²) in [4.78, 5) is -0.266. The maximum absolute atomic E-state index is 12.5. The van der Waals surface area contributed by atoms with Crippen LogP contribution in [-0.4, -0.2) is 25.9 Å². The van der Waals surface area contributed by atoms with E-state index in [1.165, 1.54) is 0 Å². The van der Waals surface area contributed by atoms with Gasteiger partial charge < -0.3 is 10.8 Å². The van der Waals surface area contributed by atoms with Gasteiger partial charge in [0.05, 0.1) is 21.9 Å². The molecule has 120 valence electrons. The maximum atomic E-state index is 12.5. The van der Waals surface area contributed by atoms with Crippen LogP contribution in [0.1, 0.15) is 31.2 Å². The highest BCUT2D eigenvalue weighted by Crippen LogP contribution is 2.32. The van der Waals surface area contributed by atoms with Gasteiger partial charge in [-0.25, -0.2) is 8.42 Å². The Morgan fingerprint density at radius 3 is 2.24 bits per heavy atom. The van der Waals surface area contributed by atoms with Crippen LogP contribution in [0, 0.1) is 0 Å². The molecular weight excluding hydrogens is 307 g/mol. The van der Waals surface area contributed by atoms with Gasteiger partial charge in [0.2, 0.25) is 0 Å². The van der Waals surface area contributed by atoms with Crippen molar-refractivity contribution in [3.05, 3.63) is 23.8 Å². The molecule has 0 heterocycles. The number of aliphatic hydroxyl groups excluding tert-OH is 1. The number of sulfone groups is 1. The number of alkyl halides is 3. The monoisotopic (exact) mass is 325 g/mol.